The van der Waals surface area contributed by atoms with E-state index >= 15 is 0 Å². The highest BCUT2D eigenvalue weighted by molar-refractivity contribution is 6.33. The van der Waals surface area contributed by atoms with Gasteiger partial charge in [0.25, 0.3) is 0 Å². The summed E-state index contributed by atoms with van der Waals surface area (Å²) in [6.45, 7) is 0.424. The highest BCUT2D eigenvalue weighted by atomic mass is 35.5. The molecule has 0 aliphatic carbocycles. The van der Waals surface area contributed by atoms with Gasteiger partial charge < -0.3 is 15.4 Å². The van der Waals surface area contributed by atoms with E-state index in [4.69, 9.17) is 22.4 Å². The van der Waals surface area contributed by atoms with E-state index in [2.05, 4.69) is 15.0 Å². The zero-order valence-electron chi connectivity index (χ0n) is 11.4. The van der Waals surface area contributed by atoms with Gasteiger partial charge in [0.1, 0.15) is 17.8 Å². The molecule has 0 aliphatic rings. The number of aliphatic carboxylic acids is 1. The third kappa shape index (κ3) is 2.71. The van der Waals surface area contributed by atoms with E-state index in [9.17, 15) is 4.79 Å². The number of carbonyl (C=O) groups is 1. The number of carboxylic acids is 1. The fourth-order valence-electron chi connectivity index (χ4n) is 2.26. The number of nitrogens with zero attached hydrogens (tertiary/aromatic N) is 4. The summed E-state index contributed by atoms with van der Waals surface area (Å²) in [6, 6.07) is 9.58. The first-order valence-corrected chi connectivity index (χ1v) is 6.86. The van der Waals surface area contributed by atoms with E-state index in [0.29, 0.717) is 23.5 Å². The molecule has 0 radical (unpaired) electrons. The fourth-order valence-corrected chi connectivity index (χ4v) is 2.53. The molecule has 1 aromatic carbocycles. The monoisotopic (exact) mass is 317 g/mol. The molecule has 2 aromatic heterocycles. The number of hydrogen-bond donors (Lipinski definition) is 2. The van der Waals surface area contributed by atoms with E-state index in [1.807, 2.05) is 30.3 Å². The highest BCUT2D eigenvalue weighted by Gasteiger charge is 2.18. The maximum Gasteiger partial charge on any atom is 0.311 e. The molecule has 0 spiro atoms. The smallest absolute Gasteiger partial charge is 0.311 e. The van der Waals surface area contributed by atoms with Crippen molar-refractivity contribution in [1.82, 2.24) is 19.5 Å². The number of halogens is 1. The van der Waals surface area contributed by atoms with Gasteiger partial charge in [0.2, 0.25) is 5.95 Å². The summed E-state index contributed by atoms with van der Waals surface area (Å²) in [5.74, 6) is -0.626. The number of nitrogen functional groups attached to an aromatic ring is 1. The normalized spacial score (nSPS) is 11.0. The van der Waals surface area contributed by atoms with Crippen LogP contribution in [-0.2, 0) is 17.8 Å². The first kappa shape index (κ1) is 14.3. The molecule has 0 fully saturated rings. The van der Waals surface area contributed by atoms with Gasteiger partial charge in [0.05, 0.1) is 0 Å². The molecule has 0 atom stereocenters. The Hall–Kier alpha value is -2.67. The average Bonchev–Trinajstić information content (AvgIpc) is 2.77. The zero-order chi connectivity index (χ0) is 15.7. The summed E-state index contributed by atoms with van der Waals surface area (Å²) in [7, 11) is 0. The molecule has 0 amide bonds. The number of anilines is 1. The Bertz CT molecular complexity index is 847. The maximum absolute atomic E-state index is 11.1. The number of imidazole rings is 1. The van der Waals surface area contributed by atoms with Gasteiger partial charge in [-0.25, -0.2) is 4.98 Å². The van der Waals surface area contributed by atoms with Gasteiger partial charge in [-0.3, -0.25) is 4.79 Å². The van der Waals surface area contributed by atoms with Crippen molar-refractivity contribution < 1.29 is 9.90 Å². The number of benzene rings is 1. The van der Waals surface area contributed by atoms with Crippen LogP contribution in [0.3, 0.4) is 0 Å². The number of carboxylic acid groups (broad SMARTS) is 1. The largest absolute Gasteiger partial charge is 0.481 e. The molecule has 0 unspecified atom stereocenters. The Balaban J connectivity index is 2.17. The molecule has 3 rings (SSSR count). The zero-order valence-corrected chi connectivity index (χ0v) is 12.2. The Labute approximate surface area is 130 Å². The van der Waals surface area contributed by atoms with Crippen molar-refractivity contribution in [2.75, 3.05) is 5.73 Å². The third-order valence-electron chi connectivity index (χ3n) is 3.15. The minimum Gasteiger partial charge on any atom is -0.481 e. The van der Waals surface area contributed by atoms with Crippen molar-refractivity contribution in [3.8, 4) is 0 Å². The van der Waals surface area contributed by atoms with Crippen molar-refractivity contribution in [3.63, 3.8) is 0 Å². The summed E-state index contributed by atoms with van der Waals surface area (Å²) in [6.07, 6.45) is -0.237. The summed E-state index contributed by atoms with van der Waals surface area (Å²) in [5, 5.41) is 9.21. The molecule has 7 nitrogen and oxygen atoms in total. The first-order chi connectivity index (χ1) is 10.5. The lowest BCUT2D eigenvalue weighted by Crippen LogP contribution is -2.10. The van der Waals surface area contributed by atoms with E-state index in [1.54, 1.807) is 4.57 Å². The average molecular weight is 318 g/mol. The lowest BCUT2D eigenvalue weighted by atomic mass is 10.2. The van der Waals surface area contributed by atoms with Crippen molar-refractivity contribution in [2.45, 2.75) is 13.0 Å². The Kier molecular flexibility index (Phi) is 3.64. The van der Waals surface area contributed by atoms with Gasteiger partial charge in [0, 0.05) is 6.54 Å². The predicted molar refractivity (Wildman–Crippen MR) is 81.6 cm³/mol. The summed E-state index contributed by atoms with van der Waals surface area (Å²) in [5.41, 5.74) is 7.33. The number of hydrogen-bond acceptors (Lipinski definition) is 5. The highest BCUT2D eigenvalue weighted by Crippen LogP contribution is 2.24. The number of nitrogens with two attached hydrogens (primary N) is 1. The number of rotatable bonds is 4. The van der Waals surface area contributed by atoms with Gasteiger partial charge in [0.15, 0.2) is 10.8 Å². The van der Waals surface area contributed by atoms with Crippen LogP contribution in [0.4, 0.5) is 5.95 Å². The molecular formula is C14H12ClN5O2. The summed E-state index contributed by atoms with van der Waals surface area (Å²) < 4.78 is 1.71. The molecule has 8 heteroatoms. The minimum absolute atomic E-state index is 0.00346. The van der Waals surface area contributed by atoms with E-state index in [1.165, 1.54) is 0 Å². The molecule has 3 N–H and O–H groups in total. The van der Waals surface area contributed by atoms with Crippen LogP contribution in [0.15, 0.2) is 30.3 Å². The lowest BCUT2D eigenvalue weighted by molar-refractivity contribution is -0.136. The van der Waals surface area contributed by atoms with Crippen molar-refractivity contribution in [2.24, 2.45) is 0 Å². The molecule has 0 aliphatic heterocycles. The SMILES string of the molecule is Nc1nc(Cl)c2c(n1)nc(CC(=O)O)n2Cc1ccccc1. The summed E-state index contributed by atoms with van der Waals surface area (Å²) in [4.78, 5) is 23.2. The maximum atomic E-state index is 11.1. The van der Waals surface area contributed by atoms with E-state index in [-0.39, 0.29) is 17.5 Å². The molecule has 2 heterocycles. The second kappa shape index (κ2) is 5.61. The topological polar surface area (TPSA) is 107 Å². The van der Waals surface area contributed by atoms with Gasteiger partial charge in [-0.05, 0) is 5.56 Å². The lowest BCUT2D eigenvalue weighted by Gasteiger charge is -2.08. The van der Waals surface area contributed by atoms with Crippen LogP contribution in [0.2, 0.25) is 5.15 Å². The number of aromatic nitrogens is 4. The van der Waals surface area contributed by atoms with Crippen molar-refractivity contribution in [1.29, 1.82) is 0 Å². The van der Waals surface area contributed by atoms with Crippen LogP contribution < -0.4 is 5.73 Å². The second-order valence-corrected chi connectivity index (χ2v) is 5.07. The van der Waals surface area contributed by atoms with Gasteiger partial charge in [-0.1, -0.05) is 41.9 Å². The predicted octanol–water partition coefficient (Wildman–Crippen LogP) is 1.74. The van der Waals surface area contributed by atoms with Crippen LogP contribution >= 0.6 is 11.6 Å². The van der Waals surface area contributed by atoms with Gasteiger partial charge in [-0.2, -0.15) is 9.97 Å². The molecule has 3 aromatic rings. The minimum atomic E-state index is -0.985. The van der Waals surface area contributed by atoms with Crippen molar-refractivity contribution >= 4 is 34.7 Å². The van der Waals surface area contributed by atoms with Gasteiger partial charge >= 0.3 is 5.97 Å². The standard InChI is InChI=1S/C14H12ClN5O2/c15-12-11-13(19-14(16)18-12)17-9(6-10(21)22)20(11)7-8-4-2-1-3-5-8/h1-5H,6-7H2,(H,21,22)(H2,16,18,19). The molecular weight excluding hydrogens is 306 g/mol. The second-order valence-electron chi connectivity index (χ2n) is 4.72. The summed E-state index contributed by atoms with van der Waals surface area (Å²) >= 11 is 6.14. The Morgan fingerprint density at radius 1 is 1.23 bits per heavy atom. The molecule has 22 heavy (non-hydrogen) atoms. The van der Waals surface area contributed by atoms with E-state index < -0.39 is 5.97 Å². The van der Waals surface area contributed by atoms with Gasteiger partial charge in [-0.15, -0.1) is 0 Å². The molecule has 0 bridgehead atoms. The fraction of sp³-hybridized carbons (Fsp3) is 0.143. The number of fused-ring (bicyclic) bond motifs is 1. The van der Waals surface area contributed by atoms with Crippen molar-refractivity contribution in [3.05, 3.63) is 46.9 Å². The molecule has 112 valence electrons. The molecule has 0 saturated heterocycles. The third-order valence-corrected chi connectivity index (χ3v) is 3.41. The quantitative estimate of drug-likeness (QED) is 0.710. The molecule has 0 saturated carbocycles. The Morgan fingerprint density at radius 3 is 2.64 bits per heavy atom. The van der Waals surface area contributed by atoms with Crippen LogP contribution in [-0.4, -0.2) is 30.6 Å². The Morgan fingerprint density at radius 2 is 1.95 bits per heavy atom. The first-order valence-electron chi connectivity index (χ1n) is 6.48. The van der Waals surface area contributed by atoms with E-state index in [0.717, 1.165) is 5.56 Å². The van der Waals surface area contributed by atoms with Crippen LogP contribution in [0, 0.1) is 0 Å². The van der Waals surface area contributed by atoms with Crippen LogP contribution in [0.25, 0.3) is 11.2 Å². The van der Waals surface area contributed by atoms with Crippen LogP contribution in [0.1, 0.15) is 11.4 Å². The van der Waals surface area contributed by atoms with Crippen LogP contribution in [0.5, 0.6) is 0 Å².